The van der Waals surface area contributed by atoms with Crippen LogP contribution in [0.5, 0.6) is 0 Å². The number of likely N-dealkylation sites (N-methyl/N-ethyl adjacent to an activating group) is 1. The van der Waals surface area contributed by atoms with Crippen LogP contribution in [0.4, 0.5) is 5.69 Å². The zero-order chi connectivity index (χ0) is 14.9. The largest absolute Gasteiger partial charge is 0.396 e. The predicted molar refractivity (Wildman–Crippen MR) is 87.7 cm³/mol. The third-order valence-corrected chi connectivity index (χ3v) is 5.68. The van der Waals surface area contributed by atoms with Crippen molar-refractivity contribution < 1.29 is 5.11 Å². The molecule has 0 saturated carbocycles. The van der Waals surface area contributed by atoms with Gasteiger partial charge in [0.2, 0.25) is 0 Å². The first kappa shape index (κ1) is 14.9. The molecule has 2 aliphatic rings. The van der Waals surface area contributed by atoms with Crippen LogP contribution in [0.3, 0.4) is 0 Å². The lowest BCUT2D eigenvalue weighted by Crippen LogP contribution is -2.41. The zero-order valence-corrected chi connectivity index (χ0v) is 13.4. The topological polar surface area (TPSA) is 26.7 Å². The van der Waals surface area contributed by atoms with Crippen molar-refractivity contribution in [2.75, 3.05) is 38.2 Å². The molecule has 0 radical (unpaired) electrons. The molecule has 1 fully saturated rings. The van der Waals surface area contributed by atoms with Crippen LogP contribution in [0.15, 0.2) is 18.2 Å². The van der Waals surface area contributed by atoms with Crippen molar-refractivity contribution in [2.24, 2.45) is 5.41 Å². The van der Waals surface area contributed by atoms with Crippen molar-refractivity contribution in [3.63, 3.8) is 0 Å². The van der Waals surface area contributed by atoms with Crippen LogP contribution in [-0.2, 0) is 13.0 Å². The maximum absolute atomic E-state index is 9.62. The number of nitrogens with zero attached hydrogens (tertiary/aromatic N) is 2. The van der Waals surface area contributed by atoms with E-state index in [1.54, 1.807) is 0 Å². The molecule has 2 heterocycles. The van der Waals surface area contributed by atoms with Crippen molar-refractivity contribution >= 4 is 5.69 Å². The quantitative estimate of drug-likeness (QED) is 0.923. The van der Waals surface area contributed by atoms with Gasteiger partial charge in [-0.3, -0.25) is 4.90 Å². The highest BCUT2D eigenvalue weighted by Gasteiger charge is 2.32. The summed E-state index contributed by atoms with van der Waals surface area (Å²) in [7, 11) is 2.18. The lowest BCUT2D eigenvalue weighted by atomic mass is 9.77. The van der Waals surface area contributed by atoms with E-state index in [1.165, 1.54) is 23.2 Å². The second kappa shape index (κ2) is 5.98. The molecule has 2 aliphatic heterocycles. The number of anilines is 1. The molecule has 0 bridgehead atoms. The van der Waals surface area contributed by atoms with E-state index in [9.17, 15) is 5.11 Å². The van der Waals surface area contributed by atoms with E-state index in [0.29, 0.717) is 6.61 Å². The number of hydrogen-bond donors (Lipinski definition) is 1. The number of benzene rings is 1. The Morgan fingerprint density at radius 2 is 1.95 bits per heavy atom. The Labute approximate surface area is 128 Å². The molecule has 1 saturated heterocycles. The first-order valence-electron chi connectivity index (χ1n) is 8.32. The summed E-state index contributed by atoms with van der Waals surface area (Å²) in [6.45, 7) is 7.00. The molecule has 1 aromatic carbocycles. The number of hydrogen-bond acceptors (Lipinski definition) is 3. The molecular formula is C18H28N2O. The summed E-state index contributed by atoms with van der Waals surface area (Å²) < 4.78 is 0. The number of fused-ring (bicyclic) bond motifs is 1. The Morgan fingerprint density at radius 3 is 2.62 bits per heavy atom. The van der Waals surface area contributed by atoms with Crippen LogP contribution < -0.4 is 4.90 Å². The third kappa shape index (κ3) is 2.95. The molecular weight excluding hydrogens is 260 g/mol. The lowest BCUT2D eigenvalue weighted by Gasteiger charge is -2.40. The van der Waals surface area contributed by atoms with Gasteiger partial charge >= 0.3 is 0 Å². The van der Waals surface area contributed by atoms with Crippen LogP contribution in [0, 0.1) is 5.41 Å². The summed E-state index contributed by atoms with van der Waals surface area (Å²) >= 11 is 0. The van der Waals surface area contributed by atoms with Crippen LogP contribution in [0.1, 0.15) is 37.3 Å². The van der Waals surface area contributed by atoms with E-state index < -0.39 is 0 Å². The van der Waals surface area contributed by atoms with Gasteiger partial charge in [0.25, 0.3) is 0 Å². The number of rotatable bonds is 4. The molecule has 0 spiro atoms. The van der Waals surface area contributed by atoms with Gasteiger partial charge in [0.1, 0.15) is 0 Å². The Balaban J connectivity index is 1.61. The summed E-state index contributed by atoms with van der Waals surface area (Å²) in [5.41, 5.74) is 4.54. The van der Waals surface area contributed by atoms with E-state index in [1.807, 2.05) is 0 Å². The van der Waals surface area contributed by atoms with Crippen LogP contribution in [-0.4, -0.2) is 43.3 Å². The molecule has 3 heteroatoms. The fourth-order valence-corrected chi connectivity index (χ4v) is 3.79. The van der Waals surface area contributed by atoms with E-state index in [0.717, 1.165) is 45.4 Å². The molecule has 0 aliphatic carbocycles. The summed E-state index contributed by atoms with van der Waals surface area (Å²) in [4.78, 5) is 4.89. The monoisotopic (exact) mass is 288 g/mol. The molecule has 116 valence electrons. The second-order valence-corrected chi connectivity index (χ2v) is 6.92. The van der Waals surface area contributed by atoms with Gasteiger partial charge in [0.05, 0.1) is 0 Å². The number of piperidine rings is 1. The third-order valence-electron chi connectivity index (χ3n) is 5.68. The SMILES string of the molecule is CCC1(CO)CCN(Cc2ccc3c(c2)CCN3C)CC1. The van der Waals surface area contributed by atoms with Gasteiger partial charge in [-0.25, -0.2) is 0 Å². The minimum absolute atomic E-state index is 0.192. The van der Waals surface area contributed by atoms with Crippen LogP contribution in [0.2, 0.25) is 0 Å². The highest BCUT2D eigenvalue weighted by Crippen LogP contribution is 2.35. The fraction of sp³-hybridized carbons (Fsp3) is 0.667. The normalized spacial score (nSPS) is 21.6. The molecule has 0 unspecified atom stereocenters. The molecule has 1 aromatic rings. The molecule has 3 nitrogen and oxygen atoms in total. The molecule has 0 atom stereocenters. The van der Waals surface area contributed by atoms with Gasteiger partial charge in [-0.1, -0.05) is 19.1 Å². The number of likely N-dealkylation sites (tertiary alicyclic amines) is 1. The van der Waals surface area contributed by atoms with Gasteiger partial charge < -0.3 is 10.0 Å². The van der Waals surface area contributed by atoms with E-state index in [2.05, 4.69) is 42.0 Å². The van der Waals surface area contributed by atoms with Crippen LogP contribution in [0.25, 0.3) is 0 Å². The molecule has 1 N–H and O–H groups in total. The van der Waals surface area contributed by atoms with Crippen LogP contribution >= 0.6 is 0 Å². The standard InChI is InChI=1S/C18H28N2O/c1-3-18(14-21)7-10-20(11-8-18)13-15-4-5-17-16(12-15)6-9-19(17)2/h4-5,12,21H,3,6-11,13-14H2,1-2H3. The van der Waals surface area contributed by atoms with Crippen molar-refractivity contribution in [3.8, 4) is 0 Å². The van der Waals surface area contributed by atoms with E-state index >= 15 is 0 Å². The smallest absolute Gasteiger partial charge is 0.0488 e. The minimum Gasteiger partial charge on any atom is -0.396 e. The Bertz CT molecular complexity index is 486. The van der Waals surface area contributed by atoms with Crippen molar-refractivity contribution in [1.29, 1.82) is 0 Å². The number of aliphatic hydroxyl groups is 1. The van der Waals surface area contributed by atoms with Gasteiger partial charge in [0, 0.05) is 32.4 Å². The van der Waals surface area contributed by atoms with Crippen molar-refractivity contribution in [1.82, 2.24) is 4.90 Å². The van der Waals surface area contributed by atoms with Gasteiger partial charge in [-0.2, -0.15) is 0 Å². The van der Waals surface area contributed by atoms with Gasteiger partial charge in [-0.15, -0.1) is 0 Å². The second-order valence-electron chi connectivity index (χ2n) is 6.92. The fourth-order valence-electron chi connectivity index (χ4n) is 3.79. The van der Waals surface area contributed by atoms with Crippen molar-refractivity contribution in [3.05, 3.63) is 29.3 Å². The molecule has 21 heavy (non-hydrogen) atoms. The van der Waals surface area contributed by atoms with E-state index in [4.69, 9.17) is 0 Å². The first-order valence-corrected chi connectivity index (χ1v) is 8.32. The molecule has 0 aromatic heterocycles. The first-order chi connectivity index (χ1) is 10.2. The highest BCUT2D eigenvalue weighted by molar-refractivity contribution is 5.58. The van der Waals surface area contributed by atoms with Gasteiger partial charge in [-0.05, 0) is 61.4 Å². The van der Waals surface area contributed by atoms with E-state index in [-0.39, 0.29) is 5.41 Å². The molecule has 3 rings (SSSR count). The lowest BCUT2D eigenvalue weighted by molar-refractivity contribution is 0.0382. The minimum atomic E-state index is 0.192. The zero-order valence-electron chi connectivity index (χ0n) is 13.4. The Hall–Kier alpha value is -1.06. The molecule has 0 amide bonds. The summed E-state index contributed by atoms with van der Waals surface area (Å²) in [5, 5.41) is 9.62. The maximum atomic E-state index is 9.62. The average molecular weight is 288 g/mol. The number of aliphatic hydroxyl groups excluding tert-OH is 1. The maximum Gasteiger partial charge on any atom is 0.0488 e. The highest BCUT2D eigenvalue weighted by atomic mass is 16.3. The summed E-state index contributed by atoms with van der Waals surface area (Å²) in [6.07, 6.45) is 4.55. The Morgan fingerprint density at radius 1 is 1.19 bits per heavy atom. The summed E-state index contributed by atoms with van der Waals surface area (Å²) in [5.74, 6) is 0. The predicted octanol–water partition coefficient (Wildman–Crippen LogP) is 2.66. The van der Waals surface area contributed by atoms with Crippen molar-refractivity contribution in [2.45, 2.75) is 39.2 Å². The summed E-state index contributed by atoms with van der Waals surface area (Å²) in [6, 6.07) is 6.96. The average Bonchev–Trinajstić information content (AvgIpc) is 2.89. The van der Waals surface area contributed by atoms with Gasteiger partial charge in [0.15, 0.2) is 0 Å². The Kier molecular flexibility index (Phi) is 4.23.